The molecule has 16 heavy (non-hydrogen) atoms. The van der Waals surface area contributed by atoms with Gasteiger partial charge in [-0.25, -0.2) is 0 Å². The van der Waals surface area contributed by atoms with Crippen LogP contribution in [0.1, 0.15) is 32.6 Å². The fourth-order valence-corrected chi connectivity index (χ4v) is 3.11. The summed E-state index contributed by atoms with van der Waals surface area (Å²) in [5.41, 5.74) is -0.483. The number of aliphatic hydroxyl groups is 2. The fourth-order valence-electron chi connectivity index (χ4n) is 3.11. The van der Waals surface area contributed by atoms with Gasteiger partial charge in [0.2, 0.25) is 0 Å². The number of nitrogens with one attached hydrogen (secondary N) is 1. The minimum Gasteiger partial charge on any atom is -0.394 e. The zero-order chi connectivity index (χ0) is 11.6. The standard InChI is InChI=1S/C12H24N2O2/c1-2-12(8-15,9-16)13-10-5-7-14-6-3-4-11(10)14/h10-11,13,15-16H,2-9H2,1H3. The molecule has 2 aliphatic heterocycles. The van der Waals surface area contributed by atoms with Crippen LogP contribution >= 0.6 is 0 Å². The van der Waals surface area contributed by atoms with Crippen molar-refractivity contribution in [3.8, 4) is 0 Å². The number of nitrogens with zero attached hydrogens (tertiary/aromatic N) is 1. The molecule has 0 aromatic carbocycles. The van der Waals surface area contributed by atoms with Gasteiger partial charge in [-0.15, -0.1) is 0 Å². The Balaban J connectivity index is 1.98. The molecule has 0 aliphatic carbocycles. The summed E-state index contributed by atoms with van der Waals surface area (Å²) < 4.78 is 0. The lowest BCUT2D eigenvalue weighted by Gasteiger charge is -2.35. The zero-order valence-electron chi connectivity index (χ0n) is 10.2. The SMILES string of the molecule is CCC(CO)(CO)NC1CCN2CCCC12. The van der Waals surface area contributed by atoms with E-state index in [0.717, 1.165) is 12.8 Å². The largest absolute Gasteiger partial charge is 0.394 e. The Hall–Kier alpha value is -0.160. The Morgan fingerprint density at radius 1 is 1.25 bits per heavy atom. The third-order valence-electron chi connectivity index (χ3n) is 4.38. The van der Waals surface area contributed by atoms with Crippen LogP contribution in [-0.2, 0) is 0 Å². The van der Waals surface area contributed by atoms with E-state index in [1.807, 2.05) is 6.92 Å². The molecule has 3 N–H and O–H groups in total. The highest BCUT2D eigenvalue weighted by atomic mass is 16.3. The van der Waals surface area contributed by atoms with E-state index in [1.165, 1.54) is 25.9 Å². The maximum absolute atomic E-state index is 9.44. The van der Waals surface area contributed by atoms with Gasteiger partial charge in [0.1, 0.15) is 0 Å². The van der Waals surface area contributed by atoms with Gasteiger partial charge in [0.15, 0.2) is 0 Å². The first-order valence-electron chi connectivity index (χ1n) is 6.48. The van der Waals surface area contributed by atoms with Gasteiger partial charge in [0, 0.05) is 18.6 Å². The molecule has 2 atom stereocenters. The van der Waals surface area contributed by atoms with Crippen molar-refractivity contribution in [1.82, 2.24) is 10.2 Å². The van der Waals surface area contributed by atoms with Gasteiger partial charge in [-0.1, -0.05) is 6.92 Å². The minimum atomic E-state index is -0.483. The highest BCUT2D eigenvalue weighted by Gasteiger charge is 2.40. The molecule has 0 aromatic rings. The molecule has 0 spiro atoms. The van der Waals surface area contributed by atoms with Crippen molar-refractivity contribution in [3.63, 3.8) is 0 Å². The first-order chi connectivity index (χ1) is 7.74. The Morgan fingerprint density at radius 2 is 2.00 bits per heavy atom. The molecule has 0 bridgehead atoms. The van der Waals surface area contributed by atoms with Gasteiger partial charge < -0.3 is 15.5 Å². The van der Waals surface area contributed by atoms with Crippen LogP contribution in [0.2, 0.25) is 0 Å². The maximum atomic E-state index is 9.44. The third-order valence-corrected chi connectivity index (χ3v) is 4.38. The number of rotatable bonds is 5. The maximum Gasteiger partial charge on any atom is 0.0648 e. The lowest BCUT2D eigenvalue weighted by atomic mass is 9.94. The average Bonchev–Trinajstić information content (AvgIpc) is 2.90. The van der Waals surface area contributed by atoms with E-state index in [9.17, 15) is 10.2 Å². The van der Waals surface area contributed by atoms with Crippen molar-refractivity contribution < 1.29 is 10.2 Å². The Bertz CT molecular complexity index is 223. The topological polar surface area (TPSA) is 55.7 Å². The Kier molecular flexibility index (Phi) is 3.85. The first kappa shape index (κ1) is 12.3. The van der Waals surface area contributed by atoms with Crippen LogP contribution in [-0.4, -0.2) is 59.0 Å². The second-order valence-corrected chi connectivity index (χ2v) is 5.24. The Morgan fingerprint density at radius 3 is 2.62 bits per heavy atom. The van der Waals surface area contributed by atoms with Gasteiger partial charge in [-0.05, 0) is 32.2 Å². The lowest BCUT2D eigenvalue weighted by Crippen LogP contribution is -2.57. The van der Waals surface area contributed by atoms with E-state index >= 15 is 0 Å². The molecule has 0 aromatic heterocycles. The second-order valence-electron chi connectivity index (χ2n) is 5.24. The molecule has 2 fully saturated rings. The van der Waals surface area contributed by atoms with Crippen LogP contribution in [0, 0.1) is 0 Å². The summed E-state index contributed by atoms with van der Waals surface area (Å²) in [5, 5.41) is 22.4. The summed E-state index contributed by atoms with van der Waals surface area (Å²) in [5.74, 6) is 0. The molecule has 4 nitrogen and oxygen atoms in total. The average molecular weight is 228 g/mol. The van der Waals surface area contributed by atoms with Gasteiger partial charge in [0.05, 0.1) is 18.8 Å². The van der Waals surface area contributed by atoms with Gasteiger partial charge in [-0.3, -0.25) is 4.90 Å². The summed E-state index contributed by atoms with van der Waals surface area (Å²) in [7, 11) is 0. The normalized spacial score (nSPS) is 30.9. The van der Waals surface area contributed by atoms with E-state index in [1.54, 1.807) is 0 Å². The van der Waals surface area contributed by atoms with Crippen molar-refractivity contribution in [1.29, 1.82) is 0 Å². The lowest BCUT2D eigenvalue weighted by molar-refractivity contribution is 0.0736. The molecule has 0 radical (unpaired) electrons. The van der Waals surface area contributed by atoms with E-state index < -0.39 is 5.54 Å². The number of aliphatic hydroxyl groups excluding tert-OH is 2. The molecule has 0 amide bonds. The van der Waals surface area contributed by atoms with Crippen molar-refractivity contribution in [2.45, 2.75) is 50.2 Å². The summed E-state index contributed by atoms with van der Waals surface area (Å²) >= 11 is 0. The predicted molar refractivity (Wildman–Crippen MR) is 63.3 cm³/mol. The monoisotopic (exact) mass is 228 g/mol. The predicted octanol–water partition coefficient (Wildman–Crippen LogP) is -0.0539. The first-order valence-corrected chi connectivity index (χ1v) is 6.48. The molecular formula is C12H24N2O2. The summed E-state index contributed by atoms with van der Waals surface area (Å²) in [6.07, 6.45) is 4.46. The van der Waals surface area contributed by atoms with E-state index in [0.29, 0.717) is 12.1 Å². The van der Waals surface area contributed by atoms with Gasteiger partial charge >= 0.3 is 0 Å². The second kappa shape index (κ2) is 5.00. The van der Waals surface area contributed by atoms with Crippen LogP contribution in [0.5, 0.6) is 0 Å². The van der Waals surface area contributed by atoms with Crippen LogP contribution < -0.4 is 5.32 Å². The molecule has 2 heterocycles. The van der Waals surface area contributed by atoms with Crippen molar-refractivity contribution >= 4 is 0 Å². The smallest absolute Gasteiger partial charge is 0.0648 e. The minimum absolute atomic E-state index is 0.0171. The molecule has 0 saturated carbocycles. The molecule has 4 heteroatoms. The number of hydrogen-bond donors (Lipinski definition) is 3. The molecule has 2 aliphatic rings. The molecule has 2 rings (SSSR count). The van der Waals surface area contributed by atoms with Crippen LogP contribution in [0.3, 0.4) is 0 Å². The van der Waals surface area contributed by atoms with Crippen LogP contribution in [0.25, 0.3) is 0 Å². The molecule has 94 valence electrons. The highest BCUT2D eigenvalue weighted by Crippen LogP contribution is 2.29. The summed E-state index contributed by atoms with van der Waals surface area (Å²) in [6, 6.07) is 1.07. The van der Waals surface area contributed by atoms with E-state index in [-0.39, 0.29) is 13.2 Å². The summed E-state index contributed by atoms with van der Waals surface area (Å²) in [4.78, 5) is 2.53. The van der Waals surface area contributed by atoms with Crippen LogP contribution in [0.15, 0.2) is 0 Å². The molecule has 2 unspecified atom stereocenters. The van der Waals surface area contributed by atoms with Gasteiger partial charge in [0.25, 0.3) is 0 Å². The van der Waals surface area contributed by atoms with E-state index in [2.05, 4.69) is 10.2 Å². The number of hydrogen-bond acceptors (Lipinski definition) is 4. The van der Waals surface area contributed by atoms with Gasteiger partial charge in [-0.2, -0.15) is 0 Å². The zero-order valence-corrected chi connectivity index (χ0v) is 10.2. The quantitative estimate of drug-likeness (QED) is 0.617. The molecule has 2 saturated heterocycles. The molecular weight excluding hydrogens is 204 g/mol. The van der Waals surface area contributed by atoms with Crippen LogP contribution in [0.4, 0.5) is 0 Å². The van der Waals surface area contributed by atoms with E-state index in [4.69, 9.17) is 0 Å². The number of fused-ring (bicyclic) bond motifs is 1. The fraction of sp³-hybridized carbons (Fsp3) is 1.00. The summed E-state index contributed by atoms with van der Waals surface area (Å²) in [6.45, 7) is 4.44. The van der Waals surface area contributed by atoms with Crippen molar-refractivity contribution in [2.24, 2.45) is 0 Å². The van der Waals surface area contributed by atoms with Crippen molar-refractivity contribution in [2.75, 3.05) is 26.3 Å². The third kappa shape index (κ3) is 2.12. The highest BCUT2D eigenvalue weighted by molar-refractivity contribution is 5.00. The van der Waals surface area contributed by atoms with Crippen molar-refractivity contribution in [3.05, 3.63) is 0 Å². The Labute approximate surface area is 97.6 Å².